The van der Waals surface area contributed by atoms with Gasteiger partial charge in [-0.3, -0.25) is 14.3 Å². The summed E-state index contributed by atoms with van der Waals surface area (Å²) in [6.07, 6.45) is 6.25. The molecule has 0 spiro atoms. The number of aromatic amines is 1. The third-order valence-electron chi connectivity index (χ3n) is 4.60. The van der Waals surface area contributed by atoms with E-state index in [1.165, 1.54) is 16.8 Å². The van der Waals surface area contributed by atoms with E-state index in [0.717, 1.165) is 6.42 Å². The van der Waals surface area contributed by atoms with E-state index in [9.17, 15) is 9.59 Å². The highest BCUT2D eigenvalue weighted by molar-refractivity contribution is 8.29. The van der Waals surface area contributed by atoms with Crippen molar-refractivity contribution < 1.29 is 8.92 Å². The van der Waals surface area contributed by atoms with Gasteiger partial charge < -0.3 is 8.92 Å². The van der Waals surface area contributed by atoms with Crippen molar-refractivity contribution >= 4 is 10.3 Å². The zero-order chi connectivity index (χ0) is 17.4. The van der Waals surface area contributed by atoms with Gasteiger partial charge in [-0.25, -0.2) is 4.79 Å². The molecule has 0 aromatic carbocycles. The summed E-state index contributed by atoms with van der Waals surface area (Å²) in [6, 6.07) is 1.34. The maximum absolute atomic E-state index is 11.9. The number of hydrogen-bond acceptors (Lipinski definition) is 4. The molecule has 0 amide bonds. The maximum atomic E-state index is 11.9. The smallest absolute Gasteiger partial charge is 0.330 e. The molecule has 6 nitrogen and oxygen atoms in total. The zero-order valence-corrected chi connectivity index (χ0v) is 15.6. The molecule has 0 bridgehead atoms. The van der Waals surface area contributed by atoms with Gasteiger partial charge >= 0.3 is 5.69 Å². The Labute approximate surface area is 138 Å². The van der Waals surface area contributed by atoms with Crippen molar-refractivity contribution in [2.75, 3.05) is 19.1 Å². The van der Waals surface area contributed by atoms with E-state index in [1.807, 2.05) is 6.92 Å². The molecule has 2 heterocycles. The van der Waals surface area contributed by atoms with Crippen LogP contribution in [0.4, 0.5) is 0 Å². The molecule has 1 fully saturated rings. The fourth-order valence-corrected chi connectivity index (χ4v) is 3.26. The van der Waals surface area contributed by atoms with E-state index < -0.39 is 21.6 Å². The molecular weight excluding hydrogens is 316 g/mol. The minimum Gasteiger partial charge on any atom is -0.352 e. The number of H-pyrrole nitrogens is 1. The minimum absolute atomic E-state index is 0.0389. The Kier molecular flexibility index (Phi) is 5.13. The largest absolute Gasteiger partial charge is 0.352 e. The SMILES string of the molecule is CC1CC(COS(C)(C)C(C)(C)C)OC1n1ccc(=O)[nH]c1=O. The van der Waals surface area contributed by atoms with Crippen LogP contribution in [0.1, 0.15) is 40.3 Å². The van der Waals surface area contributed by atoms with Gasteiger partial charge in [0.05, 0.1) is 12.7 Å². The molecule has 23 heavy (non-hydrogen) atoms. The molecular formula is C16H28N2O4S. The molecule has 3 unspecified atom stereocenters. The topological polar surface area (TPSA) is 73.3 Å². The molecule has 1 aliphatic heterocycles. The molecule has 0 saturated carbocycles. The van der Waals surface area contributed by atoms with Crippen LogP contribution in [-0.4, -0.2) is 39.5 Å². The lowest BCUT2D eigenvalue weighted by Crippen LogP contribution is -2.33. The van der Waals surface area contributed by atoms with Crippen LogP contribution in [0.3, 0.4) is 0 Å². The first kappa shape index (κ1) is 18.3. The molecule has 1 aromatic heterocycles. The first-order valence-corrected chi connectivity index (χ1v) is 10.2. The third kappa shape index (κ3) is 4.08. The predicted octanol–water partition coefficient (Wildman–Crippen LogP) is 2.25. The second-order valence-corrected chi connectivity index (χ2v) is 11.4. The van der Waals surface area contributed by atoms with Gasteiger partial charge in [-0.15, -0.1) is 10.3 Å². The Morgan fingerprint density at radius 1 is 1.39 bits per heavy atom. The molecule has 1 aromatic rings. The Hall–Kier alpha value is -1.05. The molecule has 0 radical (unpaired) electrons. The highest BCUT2D eigenvalue weighted by Crippen LogP contribution is 2.54. The summed E-state index contributed by atoms with van der Waals surface area (Å²) in [5.41, 5.74) is -0.830. The summed E-state index contributed by atoms with van der Waals surface area (Å²) in [5, 5.41) is 0. The van der Waals surface area contributed by atoms with Crippen LogP contribution < -0.4 is 11.2 Å². The van der Waals surface area contributed by atoms with Gasteiger partial charge in [-0.05, 0) is 18.9 Å². The summed E-state index contributed by atoms with van der Waals surface area (Å²) >= 11 is 0. The van der Waals surface area contributed by atoms with E-state index in [-0.39, 0.29) is 23.0 Å². The van der Waals surface area contributed by atoms with Crippen LogP contribution in [0.5, 0.6) is 0 Å². The van der Waals surface area contributed by atoms with Crippen LogP contribution in [-0.2, 0) is 8.92 Å². The van der Waals surface area contributed by atoms with E-state index in [1.54, 1.807) is 0 Å². The summed E-state index contributed by atoms with van der Waals surface area (Å²) in [5.74, 6) is 0.181. The highest BCUT2D eigenvalue weighted by Gasteiger charge is 2.36. The van der Waals surface area contributed by atoms with Crippen molar-refractivity contribution in [2.24, 2.45) is 5.92 Å². The summed E-state index contributed by atoms with van der Waals surface area (Å²) in [4.78, 5) is 25.4. The van der Waals surface area contributed by atoms with Crippen LogP contribution in [0.2, 0.25) is 0 Å². The second kappa shape index (κ2) is 6.45. The lowest BCUT2D eigenvalue weighted by molar-refractivity contribution is -0.0280. The van der Waals surface area contributed by atoms with E-state index >= 15 is 0 Å². The number of rotatable bonds is 4. The van der Waals surface area contributed by atoms with E-state index in [0.29, 0.717) is 6.61 Å². The van der Waals surface area contributed by atoms with Gasteiger partial charge in [0, 0.05) is 22.9 Å². The number of hydrogen-bond donors (Lipinski definition) is 1. The fourth-order valence-electron chi connectivity index (χ4n) is 2.42. The third-order valence-corrected chi connectivity index (χ3v) is 8.28. The van der Waals surface area contributed by atoms with Gasteiger partial charge in [0.2, 0.25) is 0 Å². The molecule has 1 aliphatic rings. The molecule has 1 saturated heterocycles. The van der Waals surface area contributed by atoms with Crippen molar-refractivity contribution in [1.29, 1.82) is 0 Å². The van der Waals surface area contributed by atoms with Crippen LogP contribution in [0.15, 0.2) is 21.9 Å². The number of nitrogens with one attached hydrogen (secondary N) is 1. The van der Waals surface area contributed by atoms with Crippen LogP contribution in [0, 0.1) is 5.92 Å². The average molecular weight is 344 g/mol. The number of aromatic nitrogens is 2. The fraction of sp³-hybridized carbons (Fsp3) is 0.750. The first-order chi connectivity index (χ1) is 10.5. The zero-order valence-electron chi connectivity index (χ0n) is 14.8. The number of nitrogens with zero attached hydrogens (tertiary/aromatic N) is 1. The highest BCUT2D eigenvalue weighted by atomic mass is 32.3. The van der Waals surface area contributed by atoms with Crippen LogP contribution >= 0.6 is 10.3 Å². The van der Waals surface area contributed by atoms with Crippen molar-refractivity contribution in [3.05, 3.63) is 33.1 Å². The molecule has 2 rings (SSSR count). The quantitative estimate of drug-likeness (QED) is 0.909. The maximum Gasteiger partial charge on any atom is 0.330 e. The van der Waals surface area contributed by atoms with Gasteiger partial charge in [0.25, 0.3) is 5.56 Å². The molecule has 1 N–H and O–H groups in total. The summed E-state index contributed by atoms with van der Waals surface area (Å²) in [6.45, 7) is 9.12. The van der Waals surface area contributed by atoms with Gasteiger partial charge in [0.15, 0.2) is 0 Å². The number of ether oxygens (including phenoxy) is 1. The van der Waals surface area contributed by atoms with Gasteiger partial charge in [0.1, 0.15) is 6.23 Å². The Balaban J connectivity index is 2.04. The van der Waals surface area contributed by atoms with Crippen molar-refractivity contribution in [1.82, 2.24) is 9.55 Å². The van der Waals surface area contributed by atoms with Crippen molar-refractivity contribution in [3.63, 3.8) is 0 Å². The molecule has 3 atom stereocenters. The van der Waals surface area contributed by atoms with Crippen molar-refractivity contribution in [2.45, 2.75) is 51.2 Å². The predicted molar refractivity (Wildman–Crippen MR) is 94.2 cm³/mol. The minimum atomic E-state index is -1.19. The lowest BCUT2D eigenvalue weighted by Gasteiger charge is -2.44. The summed E-state index contributed by atoms with van der Waals surface area (Å²) in [7, 11) is -1.19. The van der Waals surface area contributed by atoms with E-state index in [4.69, 9.17) is 8.92 Å². The van der Waals surface area contributed by atoms with Gasteiger partial charge in [-0.2, -0.15) is 0 Å². The van der Waals surface area contributed by atoms with Crippen molar-refractivity contribution in [3.8, 4) is 0 Å². The summed E-state index contributed by atoms with van der Waals surface area (Å²) < 4.78 is 13.7. The normalized spacial score (nSPS) is 26.4. The van der Waals surface area contributed by atoms with Gasteiger partial charge in [-0.1, -0.05) is 27.7 Å². The molecule has 132 valence electrons. The Morgan fingerprint density at radius 3 is 2.61 bits per heavy atom. The standard InChI is InChI=1S/C16H28N2O4S/c1-11-9-12(10-21-23(5,6)16(2,3)4)22-14(11)18-8-7-13(19)17-15(18)20/h7-8,11-12,14H,9-10H2,1-6H3,(H,17,19,20). The first-order valence-electron chi connectivity index (χ1n) is 7.85. The Bertz CT molecular complexity index is 659. The molecule has 7 heteroatoms. The van der Waals surface area contributed by atoms with E-state index in [2.05, 4.69) is 38.3 Å². The second-order valence-electron chi connectivity index (χ2n) is 7.51. The Morgan fingerprint density at radius 2 is 2.04 bits per heavy atom. The molecule has 0 aliphatic carbocycles. The lowest BCUT2D eigenvalue weighted by atomic mass is 10.1. The monoisotopic (exact) mass is 344 g/mol. The van der Waals surface area contributed by atoms with Crippen LogP contribution in [0.25, 0.3) is 0 Å². The average Bonchev–Trinajstić information content (AvgIpc) is 2.76.